The first-order chi connectivity index (χ1) is 7.17. The monoisotopic (exact) mass is 206 g/mol. The van der Waals surface area contributed by atoms with Crippen LogP contribution >= 0.6 is 0 Å². The van der Waals surface area contributed by atoms with Crippen molar-refractivity contribution in [2.24, 2.45) is 0 Å². The van der Waals surface area contributed by atoms with Gasteiger partial charge in [0.1, 0.15) is 0 Å². The van der Waals surface area contributed by atoms with Crippen molar-refractivity contribution in [1.29, 1.82) is 0 Å². The lowest BCUT2D eigenvalue weighted by molar-refractivity contribution is 0.307. The molecule has 1 aromatic rings. The SMILES string of the molecule is CCC.Cc1ccc2c(n1)CN(C)CC2. The summed E-state index contributed by atoms with van der Waals surface area (Å²) < 4.78 is 0. The van der Waals surface area contributed by atoms with E-state index < -0.39 is 0 Å². The van der Waals surface area contributed by atoms with Crippen molar-refractivity contribution in [3.63, 3.8) is 0 Å². The van der Waals surface area contributed by atoms with Gasteiger partial charge in [-0.2, -0.15) is 0 Å². The number of aromatic nitrogens is 1. The summed E-state index contributed by atoms with van der Waals surface area (Å²) in [5, 5.41) is 0. The topological polar surface area (TPSA) is 16.1 Å². The third-order valence-electron chi connectivity index (χ3n) is 2.39. The van der Waals surface area contributed by atoms with Crippen molar-refractivity contribution in [1.82, 2.24) is 9.88 Å². The smallest absolute Gasteiger partial charge is 0.0579 e. The summed E-state index contributed by atoms with van der Waals surface area (Å²) in [6.45, 7) is 8.48. The van der Waals surface area contributed by atoms with Gasteiger partial charge >= 0.3 is 0 Å². The van der Waals surface area contributed by atoms with Gasteiger partial charge in [-0.05, 0) is 32.0 Å². The van der Waals surface area contributed by atoms with E-state index in [4.69, 9.17) is 0 Å². The Morgan fingerprint density at radius 1 is 1.33 bits per heavy atom. The average Bonchev–Trinajstić information content (AvgIpc) is 2.18. The third kappa shape index (κ3) is 3.63. The van der Waals surface area contributed by atoms with Gasteiger partial charge in [0.25, 0.3) is 0 Å². The maximum atomic E-state index is 4.52. The number of likely N-dealkylation sites (N-methyl/N-ethyl adjacent to an activating group) is 1. The molecule has 1 aliphatic heterocycles. The molecule has 2 rings (SSSR count). The Hall–Kier alpha value is -0.890. The molecule has 2 nitrogen and oxygen atoms in total. The molecule has 84 valence electrons. The zero-order chi connectivity index (χ0) is 11.3. The molecular weight excluding hydrogens is 184 g/mol. The highest BCUT2D eigenvalue weighted by Crippen LogP contribution is 2.15. The number of hydrogen-bond acceptors (Lipinski definition) is 2. The lowest BCUT2D eigenvalue weighted by Crippen LogP contribution is -2.27. The highest BCUT2D eigenvalue weighted by atomic mass is 15.1. The zero-order valence-corrected chi connectivity index (χ0v) is 10.4. The Bertz CT molecular complexity index is 307. The summed E-state index contributed by atoms with van der Waals surface area (Å²) in [5.74, 6) is 0. The molecule has 0 radical (unpaired) electrons. The molecular formula is C13H22N2. The molecule has 2 heteroatoms. The second-order valence-corrected chi connectivity index (χ2v) is 4.25. The Labute approximate surface area is 93.3 Å². The number of rotatable bonds is 0. The van der Waals surface area contributed by atoms with Crippen LogP contribution in [0.15, 0.2) is 12.1 Å². The molecule has 0 saturated heterocycles. The van der Waals surface area contributed by atoms with Crippen molar-refractivity contribution in [2.45, 2.75) is 40.2 Å². The van der Waals surface area contributed by atoms with Crippen LogP contribution in [0.3, 0.4) is 0 Å². The van der Waals surface area contributed by atoms with E-state index in [1.54, 1.807) is 0 Å². The largest absolute Gasteiger partial charge is 0.300 e. The first kappa shape index (κ1) is 12.2. The molecule has 0 saturated carbocycles. The maximum absolute atomic E-state index is 4.52. The first-order valence-corrected chi connectivity index (χ1v) is 5.81. The highest BCUT2D eigenvalue weighted by Gasteiger charge is 2.13. The van der Waals surface area contributed by atoms with Crippen LogP contribution in [0.1, 0.15) is 37.2 Å². The minimum Gasteiger partial charge on any atom is -0.300 e. The third-order valence-corrected chi connectivity index (χ3v) is 2.39. The van der Waals surface area contributed by atoms with E-state index >= 15 is 0 Å². The van der Waals surface area contributed by atoms with Gasteiger partial charge in [0, 0.05) is 18.8 Å². The van der Waals surface area contributed by atoms with E-state index in [-0.39, 0.29) is 0 Å². The molecule has 0 N–H and O–H groups in total. The zero-order valence-electron chi connectivity index (χ0n) is 10.4. The van der Waals surface area contributed by atoms with Gasteiger partial charge in [-0.3, -0.25) is 4.98 Å². The lowest BCUT2D eigenvalue weighted by atomic mass is 10.1. The quantitative estimate of drug-likeness (QED) is 0.649. The van der Waals surface area contributed by atoms with Crippen LogP contribution in [0.25, 0.3) is 0 Å². The molecule has 2 heterocycles. The molecule has 15 heavy (non-hydrogen) atoms. The van der Waals surface area contributed by atoms with Gasteiger partial charge in [-0.15, -0.1) is 0 Å². The Morgan fingerprint density at radius 3 is 2.67 bits per heavy atom. The van der Waals surface area contributed by atoms with Crippen molar-refractivity contribution >= 4 is 0 Å². The molecule has 0 amide bonds. The molecule has 0 spiro atoms. The van der Waals surface area contributed by atoms with Gasteiger partial charge in [0.2, 0.25) is 0 Å². The molecule has 0 aromatic carbocycles. The summed E-state index contributed by atoms with van der Waals surface area (Å²) >= 11 is 0. The molecule has 1 aromatic heterocycles. The molecule has 0 aliphatic carbocycles. The summed E-state index contributed by atoms with van der Waals surface area (Å²) in [4.78, 5) is 6.84. The van der Waals surface area contributed by atoms with E-state index in [2.05, 4.69) is 49.8 Å². The minimum absolute atomic E-state index is 1.01. The molecule has 0 atom stereocenters. The van der Waals surface area contributed by atoms with E-state index in [0.717, 1.165) is 25.2 Å². The predicted molar refractivity (Wildman–Crippen MR) is 65.0 cm³/mol. The number of nitrogens with zero attached hydrogens (tertiary/aromatic N) is 2. The fourth-order valence-corrected chi connectivity index (χ4v) is 1.65. The standard InChI is InChI=1S/C10H14N2.C3H8/c1-8-3-4-9-5-6-12(2)7-10(9)11-8;1-3-2/h3-4H,5-7H2,1-2H3;3H2,1-2H3. The Balaban J connectivity index is 0.000000337. The Kier molecular flexibility index (Phi) is 4.76. The van der Waals surface area contributed by atoms with E-state index in [1.807, 2.05) is 0 Å². The minimum atomic E-state index is 1.01. The van der Waals surface area contributed by atoms with Crippen molar-refractivity contribution in [3.8, 4) is 0 Å². The first-order valence-electron chi connectivity index (χ1n) is 5.81. The van der Waals surface area contributed by atoms with E-state index in [9.17, 15) is 0 Å². The van der Waals surface area contributed by atoms with Crippen LogP contribution < -0.4 is 0 Å². The summed E-state index contributed by atoms with van der Waals surface area (Å²) in [6, 6.07) is 4.31. The van der Waals surface area contributed by atoms with Crippen molar-refractivity contribution < 1.29 is 0 Å². The second kappa shape index (κ2) is 5.86. The molecule has 0 unspecified atom stereocenters. The second-order valence-electron chi connectivity index (χ2n) is 4.25. The average molecular weight is 206 g/mol. The molecule has 0 bridgehead atoms. The predicted octanol–water partition coefficient (Wildman–Crippen LogP) is 2.79. The number of hydrogen-bond donors (Lipinski definition) is 0. The van der Waals surface area contributed by atoms with Gasteiger partial charge in [-0.1, -0.05) is 26.3 Å². The van der Waals surface area contributed by atoms with Crippen LogP contribution in [0, 0.1) is 6.92 Å². The van der Waals surface area contributed by atoms with Gasteiger partial charge in [0.15, 0.2) is 0 Å². The summed E-state index contributed by atoms with van der Waals surface area (Å²) in [5.41, 5.74) is 3.83. The van der Waals surface area contributed by atoms with Crippen molar-refractivity contribution in [2.75, 3.05) is 13.6 Å². The van der Waals surface area contributed by atoms with Crippen LogP contribution in [-0.2, 0) is 13.0 Å². The summed E-state index contributed by atoms with van der Waals surface area (Å²) in [6.07, 6.45) is 2.40. The van der Waals surface area contributed by atoms with Crippen LogP contribution in [0.2, 0.25) is 0 Å². The number of pyridine rings is 1. The van der Waals surface area contributed by atoms with Gasteiger partial charge < -0.3 is 4.90 Å². The summed E-state index contributed by atoms with van der Waals surface area (Å²) in [7, 11) is 2.15. The number of aryl methyl sites for hydroxylation is 1. The fraction of sp³-hybridized carbons (Fsp3) is 0.615. The van der Waals surface area contributed by atoms with E-state index in [1.165, 1.54) is 17.7 Å². The van der Waals surface area contributed by atoms with Crippen LogP contribution in [-0.4, -0.2) is 23.5 Å². The number of fused-ring (bicyclic) bond motifs is 1. The normalized spacial score (nSPS) is 15.2. The maximum Gasteiger partial charge on any atom is 0.0579 e. The lowest BCUT2D eigenvalue weighted by Gasteiger charge is -2.23. The van der Waals surface area contributed by atoms with Crippen molar-refractivity contribution in [3.05, 3.63) is 29.1 Å². The Morgan fingerprint density at radius 2 is 2.00 bits per heavy atom. The van der Waals surface area contributed by atoms with E-state index in [0.29, 0.717) is 0 Å². The van der Waals surface area contributed by atoms with Gasteiger partial charge in [-0.25, -0.2) is 0 Å². The molecule has 0 fully saturated rings. The molecule has 1 aliphatic rings. The highest BCUT2D eigenvalue weighted by molar-refractivity contribution is 5.24. The van der Waals surface area contributed by atoms with Crippen LogP contribution in [0.5, 0.6) is 0 Å². The van der Waals surface area contributed by atoms with Gasteiger partial charge in [0.05, 0.1) is 5.69 Å². The fourth-order valence-electron chi connectivity index (χ4n) is 1.65. The van der Waals surface area contributed by atoms with Crippen LogP contribution in [0.4, 0.5) is 0 Å².